The molecule has 1 aliphatic heterocycles. The molecule has 0 spiro atoms. The zero-order valence-corrected chi connectivity index (χ0v) is 12.9. The number of nitrogens with one attached hydrogen (secondary N) is 1. The number of thioether (sulfide) groups is 1. The van der Waals surface area contributed by atoms with E-state index in [2.05, 4.69) is 4.72 Å². The van der Waals surface area contributed by atoms with Crippen molar-refractivity contribution in [2.45, 2.75) is 50.6 Å². The average Bonchev–Trinajstić information content (AvgIpc) is 2.92. The SMILES string of the molecule is CC(C)(C)NS(=O)(=O)N1C(C(=O)O)CSC1C1CC1. The number of nitrogens with zero attached hydrogens (tertiary/aromatic N) is 1. The summed E-state index contributed by atoms with van der Waals surface area (Å²) in [5.41, 5.74) is -0.622. The lowest BCUT2D eigenvalue weighted by atomic mass is 10.1. The highest BCUT2D eigenvalue weighted by Gasteiger charge is 2.51. The van der Waals surface area contributed by atoms with Gasteiger partial charge in [0.05, 0.1) is 5.37 Å². The Morgan fingerprint density at radius 2 is 1.95 bits per heavy atom. The van der Waals surface area contributed by atoms with E-state index >= 15 is 0 Å². The summed E-state index contributed by atoms with van der Waals surface area (Å²) in [5, 5.41) is 8.98. The topological polar surface area (TPSA) is 86.7 Å². The number of hydrogen-bond donors (Lipinski definition) is 2. The largest absolute Gasteiger partial charge is 0.480 e. The molecule has 1 heterocycles. The number of aliphatic carboxylic acids is 1. The van der Waals surface area contributed by atoms with Gasteiger partial charge in [0.25, 0.3) is 10.2 Å². The number of rotatable bonds is 4. The summed E-state index contributed by atoms with van der Waals surface area (Å²) in [4.78, 5) is 11.3. The van der Waals surface area contributed by atoms with E-state index in [4.69, 9.17) is 0 Å². The maximum absolute atomic E-state index is 12.4. The molecule has 0 radical (unpaired) electrons. The van der Waals surface area contributed by atoms with Crippen LogP contribution >= 0.6 is 11.8 Å². The second kappa shape index (κ2) is 4.91. The van der Waals surface area contributed by atoms with Crippen LogP contribution in [0, 0.1) is 5.92 Å². The molecule has 0 aromatic heterocycles. The molecule has 2 atom stereocenters. The van der Waals surface area contributed by atoms with Crippen molar-refractivity contribution in [3.05, 3.63) is 0 Å². The molecule has 0 bridgehead atoms. The van der Waals surface area contributed by atoms with Gasteiger partial charge >= 0.3 is 5.97 Å². The highest BCUT2D eigenvalue weighted by Crippen LogP contribution is 2.46. The van der Waals surface area contributed by atoms with Crippen molar-refractivity contribution in [2.24, 2.45) is 5.92 Å². The van der Waals surface area contributed by atoms with Gasteiger partial charge in [-0.3, -0.25) is 4.79 Å². The molecular weight excluding hydrogens is 288 g/mol. The van der Waals surface area contributed by atoms with Crippen LogP contribution in [0.3, 0.4) is 0 Å². The van der Waals surface area contributed by atoms with Crippen molar-refractivity contribution in [3.63, 3.8) is 0 Å². The summed E-state index contributed by atoms with van der Waals surface area (Å²) < 4.78 is 28.6. The summed E-state index contributed by atoms with van der Waals surface area (Å²) in [6.07, 6.45) is 1.96. The number of hydrogen-bond acceptors (Lipinski definition) is 4. The van der Waals surface area contributed by atoms with E-state index in [0.717, 1.165) is 12.8 Å². The van der Waals surface area contributed by atoms with Crippen LogP contribution in [-0.2, 0) is 15.0 Å². The van der Waals surface area contributed by atoms with E-state index in [9.17, 15) is 18.3 Å². The van der Waals surface area contributed by atoms with Crippen LogP contribution in [-0.4, -0.2) is 46.5 Å². The van der Waals surface area contributed by atoms with E-state index < -0.39 is 27.8 Å². The van der Waals surface area contributed by atoms with Crippen molar-refractivity contribution in [1.29, 1.82) is 0 Å². The van der Waals surface area contributed by atoms with Gasteiger partial charge in [-0.2, -0.15) is 17.4 Å². The second-order valence-electron chi connectivity index (χ2n) is 6.10. The van der Waals surface area contributed by atoms with E-state index in [1.54, 1.807) is 20.8 Å². The minimum atomic E-state index is -3.78. The first-order chi connectivity index (χ1) is 8.62. The van der Waals surface area contributed by atoms with E-state index in [-0.39, 0.29) is 5.37 Å². The van der Waals surface area contributed by atoms with Crippen molar-refractivity contribution in [1.82, 2.24) is 9.03 Å². The van der Waals surface area contributed by atoms with Gasteiger partial charge in [-0.25, -0.2) is 0 Å². The predicted octanol–water partition coefficient (Wildman–Crippen LogP) is 0.857. The Balaban J connectivity index is 2.27. The van der Waals surface area contributed by atoms with Gasteiger partial charge in [0.15, 0.2) is 0 Å². The molecule has 19 heavy (non-hydrogen) atoms. The lowest BCUT2D eigenvalue weighted by molar-refractivity contribution is -0.140. The third-order valence-electron chi connectivity index (χ3n) is 3.01. The molecule has 0 amide bonds. The monoisotopic (exact) mass is 308 g/mol. The number of carbonyl (C=O) groups is 1. The summed E-state index contributed by atoms with van der Waals surface area (Å²) in [6, 6.07) is -0.963. The number of carboxylic acid groups (broad SMARTS) is 1. The molecule has 2 rings (SSSR count). The Labute approximate surface area is 118 Å². The third-order valence-corrected chi connectivity index (χ3v) is 6.51. The van der Waals surface area contributed by atoms with Gasteiger partial charge in [0.2, 0.25) is 0 Å². The third kappa shape index (κ3) is 3.42. The van der Waals surface area contributed by atoms with Gasteiger partial charge in [-0.1, -0.05) is 0 Å². The van der Waals surface area contributed by atoms with Gasteiger partial charge in [0, 0.05) is 11.3 Å². The predicted molar refractivity (Wildman–Crippen MR) is 74.0 cm³/mol. The van der Waals surface area contributed by atoms with E-state index in [1.807, 2.05) is 0 Å². The Hall–Kier alpha value is -0.310. The molecule has 2 aliphatic rings. The first-order valence-corrected chi connectivity index (χ1v) is 8.77. The highest BCUT2D eigenvalue weighted by molar-refractivity contribution is 8.01. The van der Waals surface area contributed by atoms with Crippen molar-refractivity contribution < 1.29 is 18.3 Å². The average molecular weight is 308 g/mol. The Bertz CT molecular complexity index is 468. The van der Waals surface area contributed by atoms with Gasteiger partial charge < -0.3 is 5.11 Å². The molecule has 1 saturated heterocycles. The summed E-state index contributed by atoms with van der Waals surface area (Å²) >= 11 is 1.44. The molecule has 110 valence electrons. The lowest BCUT2D eigenvalue weighted by Gasteiger charge is -2.30. The maximum atomic E-state index is 12.4. The van der Waals surface area contributed by atoms with Crippen LogP contribution in [0.1, 0.15) is 33.6 Å². The molecule has 1 saturated carbocycles. The normalized spacial score (nSPS) is 29.6. The molecule has 1 aliphatic carbocycles. The number of carboxylic acids is 1. The van der Waals surface area contributed by atoms with Crippen LogP contribution < -0.4 is 4.72 Å². The van der Waals surface area contributed by atoms with E-state index in [0.29, 0.717) is 11.7 Å². The summed E-state index contributed by atoms with van der Waals surface area (Å²) in [6.45, 7) is 5.24. The van der Waals surface area contributed by atoms with Gasteiger partial charge in [0.1, 0.15) is 6.04 Å². The maximum Gasteiger partial charge on any atom is 0.322 e. The summed E-state index contributed by atoms with van der Waals surface area (Å²) in [7, 11) is -3.78. The van der Waals surface area contributed by atoms with Crippen molar-refractivity contribution in [3.8, 4) is 0 Å². The molecule has 2 fully saturated rings. The van der Waals surface area contributed by atoms with Crippen LogP contribution in [0.5, 0.6) is 0 Å². The first kappa shape index (κ1) is 15.1. The van der Waals surface area contributed by atoms with Gasteiger partial charge in [-0.15, -0.1) is 11.8 Å². The quantitative estimate of drug-likeness (QED) is 0.804. The molecule has 8 heteroatoms. The van der Waals surface area contributed by atoms with E-state index in [1.165, 1.54) is 16.1 Å². The van der Waals surface area contributed by atoms with Crippen molar-refractivity contribution in [2.75, 3.05) is 5.75 Å². The smallest absolute Gasteiger partial charge is 0.322 e. The minimum Gasteiger partial charge on any atom is -0.480 e. The Morgan fingerprint density at radius 3 is 2.37 bits per heavy atom. The highest BCUT2D eigenvalue weighted by atomic mass is 32.2. The fourth-order valence-corrected chi connectivity index (χ4v) is 6.13. The lowest BCUT2D eigenvalue weighted by Crippen LogP contribution is -2.55. The van der Waals surface area contributed by atoms with Crippen LogP contribution in [0.25, 0.3) is 0 Å². The zero-order valence-electron chi connectivity index (χ0n) is 11.3. The van der Waals surface area contributed by atoms with Gasteiger partial charge in [-0.05, 0) is 39.5 Å². The Kier molecular flexibility index (Phi) is 3.90. The molecule has 6 nitrogen and oxygen atoms in total. The van der Waals surface area contributed by atoms with Crippen LogP contribution in [0.4, 0.5) is 0 Å². The van der Waals surface area contributed by atoms with Crippen LogP contribution in [0.2, 0.25) is 0 Å². The Morgan fingerprint density at radius 1 is 1.37 bits per heavy atom. The summed E-state index contributed by atoms with van der Waals surface area (Å²) in [5.74, 6) is -0.456. The first-order valence-electron chi connectivity index (χ1n) is 6.29. The second-order valence-corrected chi connectivity index (χ2v) is 8.83. The molecule has 2 unspecified atom stereocenters. The van der Waals surface area contributed by atoms with Crippen LogP contribution in [0.15, 0.2) is 0 Å². The zero-order chi connectivity index (χ0) is 14.4. The fraction of sp³-hybridized carbons (Fsp3) is 0.909. The fourth-order valence-electron chi connectivity index (χ4n) is 2.16. The van der Waals surface area contributed by atoms with Crippen molar-refractivity contribution >= 4 is 27.9 Å². The molecular formula is C11H20N2O4S2. The standard InChI is InChI=1S/C11H20N2O4S2/c1-11(2,3)12-19(16,17)13-8(10(14)15)6-18-9(13)7-4-5-7/h7-9,12H,4-6H2,1-3H3,(H,14,15). The molecule has 0 aromatic carbocycles. The minimum absolute atomic E-state index is 0.235. The molecule has 0 aromatic rings. The molecule has 2 N–H and O–H groups in total.